The van der Waals surface area contributed by atoms with E-state index in [1.54, 1.807) is 12.1 Å². The Morgan fingerprint density at radius 2 is 2.21 bits per heavy atom. The standard InChI is InChI=1S/C17H20F3NO3/c18-17(19,20)11-24-14-5-1-3-12(7-14)8-21-9-13-4-2-6-16(13,10-21)15(22)23/h1,3,5,7,13H,2,4,6,8-11H2,(H,22,23)/t13-,16+/m0/s1. The maximum Gasteiger partial charge on any atom is 0.422 e. The van der Waals surface area contributed by atoms with Crippen LogP contribution in [0.3, 0.4) is 0 Å². The van der Waals surface area contributed by atoms with Gasteiger partial charge < -0.3 is 9.84 Å². The first-order valence-corrected chi connectivity index (χ1v) is 8.03. The molecule has 1 N–H and O–H groups in total. The molecular weight excluding hydrogens is 323 g/mol. The zero-order chi connectivity index (χ0) is 17.4. The van der Waals surface area contributed by atoms with Crippen molar-refractivity contribution in [2.45, 2.75) is 32.0 Å². The molecule has 132 valence electrons. The highest BCUT2D eigenvalue weighted by atomic mass is 19.4. The number of aliphatic carboxylic acids is 1. The molecule has 0 radical (unpaired) electrons. The number of benzene rings is 1. The normalized spacial score (nSPS) is 27.2. The number of nitrogens with zero attached hydrogens (tertiary/aromatic N) is 1. The molecule has 1 aromatic rings. The van der Waals surface area contributed by atoms with Crippen LogP contribution < -0.4 is 4.74 Å². The van der Waals surface area contributed by atoms with Crippen molar-refractivity contribution in [3.8, 4) is 5.75 Å². The first kappa shape index (κ1) is 17.1. The molecule has 2 aliphatic rings. The monoisotopic (exact) mass is 343 g/mol. The van der Waals surface area contributed by atoms with E-state index >= 15 is 0 Å². The van der Waals surface area contributed by atoms with Gasteiger partial charge in [0.1, 0.15) is 5.75 Å². The average Bonchev–Trinajstić information content (AvgIpc) is 3.02. The number of likely N-dealkylation sites (tertiary alicyclic amines) is 1. The van der Waals surface area contributed by atoms with E-state index in [9.17, 15) is 23.1 Å². The van der Waals surface area contributed by atoms with Gasteiger partial charge in [0.05, 0.1) is 5.41 Å². The highest BCUT2D eigenvalue weighted by Gasteiger charge is 2.54. The van der Waals surface area contributed by atoms with Gasteiger partial charge in [0.15, 0.2) is 6.61 Å². The number of hydrogen-bond acceptors (Lipinski definition) is 3. The van der Waals surface area contributed by atoms with Crippen LogP contribution in [-0.4, -0.2) is 41.8 Å². The predicted molar refractivity (Wildman–Crippen MR) is 80.7 cm³/mol. The van der Waals surface area contributed by atoms with Gasteiger partial charge in [-0.1, -0.05) is 18.6 Å². The number of carbonyl (C=O) groups is 1. The highest BCUT2D eigenvalue weighted by molar-refractivity contribution is 5.76. The summed E-state index contributed by atoms with van der Waals surface area (Å²) in [6.07, 6.45) is -1.78. The minimum Gasteiger partial charge on any atom is -0.484 e. The lowest BCUT2D eigenvalue weighted by molar-refractivity contribution is -0.153. The number of fused-ring (bicyclic) bond motifs is 1. The Kier molecular flexibility index (Phi) is 4.46. The second-order valence-corrected chi connectivity index (χ2v) is 6.77. The molecule has 0 amide bonds. The Bertz CT molecular complexity index is 619. The largest absolute Gasteiger partial charge is 0.484 e. The fraction of sp³-hybridized carbons (Fsp3) is 0.588. The molecule has 0 unspecified atom stereocenters. The number of halogens is 3. The number of alkyl halides is 3. The summed E-state index contributed by atoms with van der Waals surface area (Å²) in [5.41, 5.74) is 0.180. The van der Waals surface area contributed by atoms with Gasteiger partial charge in [-0.15, -0.1) is 0 Å². The van der Waals surface area contributed by atoms with Crippen LogP contribution in [0.15, 0.2) is 24.3 Å². The molecule has 0 bridgehead atoms. The van der Waals surface area contributed by atoms with E-state index in [-0.39, 0.29) is 11.7 Å². The molecule has 0 aromatic heterocycles. The molecule has 7 heteroatoms. The maximum absolute atomic E-state index is 12.2. The molecule has 24 heavy (non-hydrogen) atoms. The molecule has 1 aliphatic heterocycles. The summed E-state index contributed by atoms with van der Waals surface area (Å²) in [6.45, 7) is 0.430. The van der Waals surface area contributed by atoms with Crippen LogP contribution in [0.5, 0.6) is 5.75 Å². The van der Waals surface area contributed by atoms with Crippen LogP contribution >= 0.6 is 0 Å². The topological polar surface area (TPSA) is 49.8 Å². The van der Waals surface area contributed by atoms with Gasteiger partial charge in [0, 0.05) is 19.6 Å². The van der Waals surface area contributed by atoms with Gasteiger partial charge in [-0.25, -0.2) is 0 Å². The van der Waals surface area contributed by atoms with Crippen LogP contribution in [-0.2, 0) is 11.3 Å². The fourth-order valence-corrected chi connectivity index (χ4v) is 4.02. The van der Waals surface area contributed by atoms with Gasteiger partial charge >= 0.3 is 12.1 Å². The Morgan fingerprint density at radius 3 is 2.88 bits per heavy atom. The molecular formula is C17H20F3NO3. The fourth-order valence-electron chi connectivity index (χ4n) is 4.02. The first-order chi connectivity index (χ1) is 11.3. The van der Waals surface area contributed by atoms with Crippen molar-refractivity contribution in [1.29, 1.82) is 0 Å². The van der Waals surface area contributed by atoms with Crippen LogP contribution in [0.4, 0.5) is 13.2 Å². The van der Waals surface area contributed by atoms with Gasteiger partial charge in [-0.2, -0.15) is 13.2 Å². The van der Waals surface area contributed by atoms with Crippen molar-refractivity contribution in [2.75, 3.05) is 19.7 Å². The number of carboxylic acids is 1. The van der Waals surface area contributed by atoms with E-state index in [2.05, 4.69) is 4.90 Å². The molecule has 2 atom stereocenters. The van der Waals surface area contributed by atoms with Crippen molar-refractivity contribution in [1.82, 2.24) is 4.90 Å². The molecule has 2 fully saturated rings. The van der Waals surface area contributed by atoms with Gasteiger partial charge in [-0.3, -0.25) is 9.69 Å². The number of ether oxygens (including phenoxy) is 1. The predicted octanol–water partition coefficient (Wildman–Crippen LogP) is 3.31. The molecule has 1 saturated carbocycles. The van der Waals surface area contributed by atoms with Crippen LogP contribution in [0.2, 0.25) is 0 Å². The smallest absolute Gasteiger partial charge is 0.422 e. The summed E-state index contributed by atoms with van der Waals surface area (Å²) in [5.74, 6) is -0.383. The third kappa shape index (κ3) is 3.50. The van der Waals surface area contributed by atoms with E-state index in [1.807, 2.05) is 6.07 Å². The first-order valence-electron chi connectivity index (χ1n) is 8.03. The van der Waals surface area contributed by atoms with Gasteiger partial charge in [0.2, 0.25) is 0 Å². The quantitative estimate of drug-likeness (QED) is 0.891. The zero-order valence-corrected chi connectivity index (χ0v) is 13.2. The van der Waals surface area contributed by atoms with Crippen molar-refractivity contribution in [2.24, 2.45) is 11.3 Å². The minimum absolute atomic E-state index is 0.166. The Labute approximate surface area is 138 Å². The molecule has 1 heterocycles. The molecule has 0 spiro atoms. The Hall–Kier alpha value is -1.76. The highest BCUT2D eigenvalue weighted by Crippen LogP contribution is 2.49. The van der Waals surface area contributed by atoms with Gasteiger partial charge in [-0.05, 0) is 36.5 Å². The number of hydrogen-bond donors (Lipinski definition) is 1. The third-order valence-corrected chi connectivity index (χ3v) is 5.07. The SMILES string of the molecule is O=C(O)[C@@]12CCC[C@H]1CN(Cc1cccc(OCC(F)(F)F)c1)C2. The molecule has 1 aliphatic carbocycles. The molecule has 1 aromatic carbocycles. The number of carboxylic acid groups (broad SMARTS) is 1. The minimum atomic E-state index is -4.36. The van der Waals surface area contributed by atoms with Gasteiger partial charge in [0.25, 0.3) is 0 Å². The van der Waals surface area contributed by atoms with Crippen molar-refractivity contribution in [3.63, 3.8) is 0 Å². The van der Waals surface area contributed by atoms with Crippen LogP contribution in [0.1, 0.15) is 24.8 Å². The van der Waals surface area contributed by atoms with Crippen molar-refractivity contribution in [3.05, 3.63) is 29.8 Å². The number of rotatable bonds is 5. The summed E-state index contributed by atoms with van der Waals surface area (Å²) in [7, 11) is 0. The lowest BCUT2D eigenvalue weighted by atomic mass is 9.81. The lowest BCUT2D eigenvalue weighted by Gasteiger charge is -2.23. The van der Waals surface area contributed by atoms with Crippen molar-refractivity contribution < 1.29 is 27.8 Å². The summed E-state index contributed by atoms with van der Waals surface area (Å²) in [5, 5.41) is 9.60. The maximum atomic E-state index is 12.2. The van der Waals surface area contributed by atoms with E-state index in [0.29, 0.717) is 19.5 Å². The molecule has 1 saturated heterocycles. The Morgan fingerprint density at radius 1 is 1.42 bits per heavy atom. The van der Waals surface area contributed by atoms with Crippen LogP contribution in [0.25, 0.3) is 0 Å². The van der Waals surface area contributed by atoms with E-state index < -0.39 is 24.2 Å². The average molecular weight is 343 g/mol. The summed E-state index contributed by atoms with van der Waals surface area (Å²) in [4.78, 5) is 13.8. The third-order valence-electron chi connectivity index (χ3n) is 5.07. The molecule has 4 nitrogen and oxygen atoms in total. The zero-order valence-electron chi connectivity index (χ0n) is 13.2. The summed E-state index contributed by atoms with van der Waals surface area (Å²) < 4.78 is 41.5. The Balaban J connectivity index is 1.64. The van der Waals surface area contributed by atoms with E-state index in [1.165, 1.54) is 6.07 Å². The second-order valence-electron chi connectivity index (χ2n) is 6.77. The van der Waals surface area contributed by atoms with Crippen molar-refractivity contribution >= 4 is 5.97 Å². The van der Waals surface area contributed by atoms with Crippen LogP contribution in [0, 0.1) is 11.3 Å². The van der Waals surface area contributed by atoms with E-state index in [0.717, 1.165) is 24.9 Å². The lowest BCUT2D eigenvalue weighted by Crippen LogP contribution is -2.35. The summed E-state index contributed by atoms with van der Waals surface area (Å²) in [6, 6.07) is 6.56. The summed E-state index contributed by atoms with van der Waals surface area (Å²) >= 11 is 0. The molecule has 3 rings (SSSR count). The van der Waals surface area contributed by atoms with E-state index in [4.69, 9.17) is 4.74 Å². The second kappa shape index (κ2) is 6.27.